The molecule has 0 aliphatic carbocycles. The van der Waals surface area contributed by atoms with Gasteiger partial charge in [-0.05, 0) is 42.5 Å². The number of rotatable bonds is 7. The monoisotopic (exact) mass is 439 g/mol. The molecule has 25 heavy (non-hydrogen) atoms. The first-order valence-corrected chi connectivity index (χ1v) is 9.59. The molecule has 1 N–H and O–H groups in total. The number of hydrogen-bond donors (Lipinski definition) is 1. The van der Waals surface area contributed by atoms with Crippen molar-refractivity contribution >= 4 is 39.3 Å². The van der Waals surface area contributed by atoms with E-state index in [9.17, 15) is 0 Å². The quantitative estimate of drug-likeness (QED) is 0.411. The number of nitrogens with one attached hydrogen (secondary N) is 1. The number of H-pyrrole nitrogens is 1. The van der Waals surface area contributed by atoms with Gasteiger partial charge in [-0.3, -0.25) is 5.10 Å². The summed E-state index contributed by atoms with van der Waals surface area (Å²) in [5.74, 6) is 2.88. The maximum atomic E-state index is 6.06. The summed E-state index contributed by atoms with van der Waals surface area (Å²) in [5.41, 5.74) is 0.778. The second-order valence-electron chi connectivity index (χ2n) is 4.96. The zero-order chi connectivity index (χ0) is 17.6. The Labute approximate surface area is 163 Å². The highest BCUT2D eigenvalue weighted by atomic mass is 79.9. The van der Waals surface area contributed by atoms with E-state index in [0.29, 0.717) is 28.4 Å². The van der Waals surface area contributed by atoms with Crippen LogP contribution in [0.2, 0.25) is 5.02 Å². The van der Waals surface area contributed by atoms with E-state index in [0.717, 1.165) is 21.5 Å². The van der Waals surface area contributed by atoms with Gasteiger partial charge in [0.15, 0.2) is 5.82 Å². The molecule has 1 heterocycles. The van der Waals surface area contributed by atoms with Crippen molar-refractivity contribution in [3.63, 3.8) is 0 Å². The summed E-state index contributed by atoms with van der Waals surface area (Å²) >= 11 is 11.0. The molecule has 1 aromatic heterocycles. The van der Waals surface area contributed by atoms with Gasteiger partial charge in [0.05, 0.1) is 19.3 Å². The molecule has 0 fully saturated rings. The molecule has 5 nitrogen and oxygen atoms in total. The first-order valence-electron chi connectivity index (χ1n) is 7.43. The smallest absolute Gasteiger partial charge is 0.208 e. The molecule has 0 radical (unpaired) electrons. The third-order valence-electron chi connectivity index (χ3n) is 3.28. The number of thioether (sulfide) groups is 1. The van der Waals surface area contributed by atoms with Gasteiger partial charge in [-0.15, -0.1) is 5.10 Å². The summed E-state index contributed by atoms with van der Waals surface area (Å²) < 4.78 is 12.1. The lowest BCUT2D eigenvalue weighted by molar-refractivity contribution is 0.344. The van der Waals surface area contributed by atoms with E-state index in [1.54, 1.807) is 25.3 Å². The Bertz CT molecular complexity index is 842. The summed E-state index contributed by atoms with van der Waals surface area (Å²) in [6, 6.07) is 13.1. The number of halogens is 2. The number of aromatic nitrogens is 3. The largest absolute Gasteiger partial charge is 0.496 e. The highest BCUT2D eigenvalue weighted by Gasteiger charge is 2.12. The van der Waals surface area contributed by atoms with Gasteiger partial charge in [0, 0.05) is 15.2 Å². The van der Waals surface area contributed by atoms with Crippen LogP contribution in [0, 0.1) is 0 Å². The van der Waals surface area contributed by atoms with Crippen molar-refractivity contribution in [1.82, 2.24) is 15.2 Å². The highest BCUT2D eigenvalue weighted by molar-refractivity contribution is 9.10. The van der Waals surface area contributed by atoms with Crippen LogP contribution >= 0.6 is 39.3 Å². The van der Waals surface area contributed by atoms with Gasteiger partial charge in [0.2, 0.25) is 5.16 Å². The molecule has 0 atom stereocenters. The van der Waals surface area contributed by atoms with Gasteiger partial charge in [-0.25, -0.2) is 4.98 Å². The Morgan fingerprint density at radius 2 is 2.00 bits per heavy atom. The van der Waals surface area contributed by atoms with Crippen molar-refractivity contribution in [3.8, 4) is 22.9 Å². The van der Waals surface area contributed by atoms with Gasteiger partial charge in [-0.2, -0.15) is 0 Å². The predicted octanol–water partition coefficient (Wildman–Crippen LogP) is 5.07. The number of aromatic amines is 1. The van der Waals surface area contributed by atoms with Crippen LogP contribution in [-0.4, -0.2) is 34.7 Å². The summed E-state index contributed by atoms with van der Waals surface area (Å²) in [5, 5.41) is 8.41. The fraction of sp³-hybridized carbons (Fsp3) is 0.176. The molecule has 3 rings (SSSR count). The van der Waals surface area contributed by atoms with E-state index in [-0.39, 0.29) is 0 Å². The van der Waals surface area contributed by atoms with Gasteiger partial charge < -0.3 is 9.47 Å². The lowest BCUT2D eigenvalue weighted by Crippen LogP contribution is -2.00. The normalized spacial score (nSPS) is 10.7. The average molecular weight is 441 g/mol. The van der Waals surface area contributed by atoms with Crippen molar-refractivity contribution in [1.29, 1.82) is 0 Å². The lowest BCUT2D eigenvalue weighted by atomic mass is 10.2. The molecule has 0 aliphatic heterocycles. The minimum absolute atomic E-state index is 0.566. The number of benzene rings is 2. The van der Waals surface area contributed by atoms with Gasteiger partial charge in [0.25, 0.3) is 0 Å². The van der Waals surface area contributed by atoms with Crippen molar-refractivity contribution in [2.24, 2.45) is 0 Å². The van der Waals surface area contributed by atoms with Crippen LogP contribution in [0.4, 0.5) is 0 Å². The minimum Gasteiger partial charge on any atom is -0.496 e. The Hall–Kier alpha value is -1.70. The van der Waals surface area contributed by atoms with Crippen LogP contribution in [-0.2, 0) is 0 Å². The first-order chi connectivity index (χ1) is 12.2. The molecule has 3 aromatic rings. The third-order valence-corrected chi connectivity index (χ3v) is 4.85. The maximum Gasteiger partial charge on any atom is 0.208 e. The van der Waals surface area contributed by atoms with Crippen molar-refractivity contribution in [2.75, 3.05) is 19.5 Å². The van der Waals surface area contributed by atoms with Crippen LogP contribution in [0.1, 0.15) is 0 Å². The molecule has 0 saturated carbocycles. The third kappa shape index (κ3) is 4.90. The molecule has 0 spiro atoms. The van der Waals surface area contributed by atoms with Crippen molar-refractivity contribution < 1.29 is 9.47 Å². The topological polar surface area (TPSA) is 60.0 Å². The van der Waals surface area contributed by atoms with Crippen LogP contribution in [0.15, 0.2) is 52.1 Å². The Morgan fingerprint density at radius 1 is 1.20 bits per heavy atom. The molecule has 0 unspecified atom stereocenters. The Kier molecular flexibility index (Phi) is 6.23. The second-order valence-corrected chi connectivity index (χ2v) is 7.38. The van der Waals surface area contributed by atoms with Crippen LogP contribution < -0.4 is 9.47 Å². The van der Waals surface area contributed by atoms with Crippen molar-refractivity contribution in [2.45, 2.75) is 5.16 Å². The molecule has 0 bridgehead atoms. The molecule has 130 valence electrons. The fourth-order valence-corrected chi connectivity index (χ4v) is 3.17. The zero-order valence-corrected chi connectivity index (χ0v) is 16.5. The summed E-state index contributed by atoms with van der Waals surface area (Å²) in [7, 11) is 1.61. The van der Waals surface area contributed by atoms with Gasteiger partial charge in [0.1, 0.15) is 11.5 Å². The van der Waals surface area contributed by atoms with E-state index in [4.69, 9.17) is 21.1 Å². The summed E-state index contributed by atoms with van der Waals surface area (Å²) in [6.07, 6.45) is 0. The summed E-state index contributed by atoms with van der Waals surface area (Å²) in [4.78, 5) is 4.48. The number of ether oxygens (including phenoxy) is 2. The number of nitrogens with zero attached hydrogens (tertiary/aromatic N) is 2. The van der Waals surface area contributed by atoms with Crippen molar-refractivity contribution in [3.05, 3.63) is 52.0 Å². The standard InChI is InChI=1S/C17H15BrClN3O2S/c1-23-15-7-4-12(19)10-14(15)16-20-17(22-21-16)25-9-8-24-13-5-2-11(18)3-6-13/h2-7,10H,8-9H2,1H3,(H,20,21,22). The van der Waals surface area contributed by atoms with Crippen LogP contribution in [0.25, 0.3) is 11.4 Å². The average Bonchev–Trinajstić information content (AvgIpc) is 3.09. The first kappa shape index (κ1) is 18.1. The Balaban J connectivity index is 1.57. The maximum absolute atomic E-state index is 6.06. The van der Waals surface area contributed by atoms with E-state index in [1.807, 2.05) is 24.3 Å². The predicted molar refractivity (Wildman–Crippen MR) is 104 cm³/mol. The molecular formula is C17H15BrClN3O2S. The molecule has 2 aromatic carbocycles. The number of hydrogen-bond acceptors (Lipinski definition) is 5. The minimum atomic E-state index is 0.566. The number of methoxy groups -OCH3 is 1. The lowest BCUT2D eigenvalue weighted by Gasteiger charge is -2.05. The van der Waals surface area contributed by atoms with Gasteiger partial charge in [-0.1, -0.05) is 39.3 Å². The van der Waals surface area contributed by atoms with Crippen LogP contribution in [0.3, 0.4) is 0 Å². The second kappa shape index (κ2) is 8.60. The summed E-state index contributed by atoms with van der Waals surface area (Å²) in [6.45, 7) is 0.566. The molecule has 8 heteroatoms. The van der Waals surface area contributed by atoms with E-state index in [1.165, 1.54) is 11.8 Å². The van der Waals surface area contributed by atoms with Gasteiger partial charge >= 0.3 is 0 Å². The Morgan fingerprint density at radius 3 is 2.76 bits per heavy atom. The van der Waals surface area contributed by atoms with E-state index in [2.05, 4.69) is 31.1 Å². The highest BCUT2D eigenvalue weighted by Crippen LogP contribution is 2.31. The fourth-order valence-electron chi connectivity index (χ4n) is 2.12. The van der Waals surface area contributed by atoms with E-state index < -0.39 is 0 Å². The zero-order valence-electron chi connectivity index (χ0n) is 13.3. The molecule has 0 amide bonds. The van der Waals surface area contributed by atoms with Crippen LogP contribution in [0.5, 0.6) is 11.5 Å². The molecular weight excluding hydrogens is 426 g/mol. The van der Waals surface area contributed by atoms with E-state index >= 15 is 0 Å². The SMILES string of the molecule is COc1ccc(Cl)cc1-c1nc(SCCOc2ccc(Br)cc2)n[nH]1. The molecule has 0 aliphatic rings. The molecule has 0 saturated heterocycles.